The Balaban J connectivity index is 2.77. The summed E-state index contributed by atoms with van der Waals surface area (Å²) in [5.41, 5.74) is 6.28. The van der Waals surface area contributed by atoms with Gasteiger partial charge in [-0.1, -0.05) is 13.8 Å². The summed E-state index contributed by atoms with van der Waals surface area (Å²) < 4.78 is 0. The zero-order valence-corrected chi connectivity index (χ0v) is 8.08. The number of Topliss-reactive ketones (excluding diaryl/α,β-unsaturated/α-hetero) is 1. The summed E-state index contributed by atoms with van der Waals surface area (Å²) >= 11 is 0. The van der Waals surface area contributed by atoms with Gasteiger partial charge in [0.25, 0.3) is 0 Å². The molecule has 0 aliphatic heterocycles. The summed E-state index contributed by atoms with van der Waals surface area (Å²) in [6.45, 7) is 4.45. The highest BCUT2D eigenvalue weighted by Gasteiger charge is 2.21. The number of aromatic nitrogens is 1. The summed E-state index contributed by atoms with van der Waals surface area (Å²) in [6.07, 6.45) is 3.47. The molecule has 0 fully saturated rings. The van der Waals surface area contributed by atoms with E-state index >= 15 is 0 Å². The highest BCUT2D eigenvalue weighted by molar-refractivity contribution is 5.97. The van der Waals surface area contributed by atoms with Crippen LogP contribution < -0.4 is 5.73 Å². The van der Waals surface area contributed by atoms with Crippen molar-refractivity contribution >= 4 is 5.78 Å². The van der Waals surface area contributed by atoms with Crippen LogP contribution in [0.3, 0.4) is 0 Å². The SMILES string of the molecule is CC(C)C(CN)C(=O)c1cc[nH]c1. The average molecular weight is 180 g/mol. The van der Waals surface area contributed by atoms with Gasteiger partial charge in [0.05, 0.1) is 0 Å². The van der Waals surface area contributed by atoms with Crippen molar-refractivity contribution in [1.82, 2.24) is 4.98 Å². The lowest BCUT2D eigenvalue weighted by Crippen LogP contribution is -2.28. The van der Waals surface area contributed by atoms with Crippen molar-refractivity contribution in [2.24, 2.45) is 17.6 Å². The van der Waals surface area contributed by atoms with E-state index in [0.717, 1.165) is 5.56 Å². The Morgan fingerprint density at radius 1 is 1.62 bits per heavy atom. The van der Waals surface area contributed by atoms with Crippen LogP contribution in [0.1, 0.15) is 24.2 Å². The molecule has 0 bridgehead atoms. The van der Waals surface area contributed by atoms with E-state index in [0.29, 0.717) is 12.5 Å². The predicted molar refractivity (Wildman–Crippen MR) is 52.5 cm³/mol. The number of H-pyrrole nitrogens is 1. The van der Waals surface area contributed by atoms with E-state index in [4.69, 9.17) is 5.73 Å². The van der Waals surface area contributed by atoms with Crippen LogP contribution in [-0.2, 0) is 0 Å². The largest absolute Gasteiger partial charge is 0.367 e. The van der Waals surface area contributed by atoms with Gasteiger partial charge in [-0.15, -0.1) is 0 Å². The fraction of sp³-hybridized carbons (Fsp3) is 0.500. The predicted octanol–water partition coefficient (Wildman–Crippen LogP) is 1.43. The summed E-state index contributed by atoms with van der Waals surface area (Å²) in [5.74, 6) is 0.377. The number of hydrogen-bond acceptors (Lipinski definition) is 2. The maximum absolute atomic E-state index is 11.8. The molecule has 0 aliphatic carbocycles. The average Bonchev–Trinajstić information content (AvgIpc) is 2.56. The van der Waals surface area contributed by atoms with Gasteiger partial charge >= 0.3 is 0 Å². The highest BCUT2D eigenvalue weighted by atomic mass is 16.1. The van der Waals surface area contributed by atoms with Crippen molar-refractivity contribution in [2.75, 3.05) is 6.54 Å². The smallest absolute Gasteiger partial charge is 0.168 e. The third-order valence-electron chi connectivity index (χ3n) is 2.28. The maximum Gasteiger partial charge on any atom is 0.168 e. The Bertz CT molecular complexity index is 264. The third-order valence-corrected chi connectivity index (χ3v) is 2.28. The van der Waals surface area contributed by atoms with Crippen molar-refractivity contribution in [3.05, 3.63) is 24.0 Å². The minimum absolute atomic E-state index is 0.0594. The van der Waals surface area contributed by atoms with Crippen LogP contribution in [0.25, 0.3) is 0 Å². The molecule has 1 unspecified atom stereocenters. The molecule has 0 amide bonds. The van der Waals surface area contributed by atoms with Crippen molar-refractivity contribution in [3.63, 3.8) is 0 Å². The lowest BCUT2D eigenvalue weighted by Gasteiger charge is -2.16. The number of nitrogens with two attached hydrogens (primary N) is 1. The Hall–Kier alpha value is -1.09. The third kappa shape index (κ3) is 2.18. The van der Waals surface area contributed by atoms with Gasteiger partial charge in [0.15, 0.2) is 5.78 Å². The molecule has 3 nitrogen and oxygen atoms in total. The number of nitrogens with one attached hydrogen (secondary N) is 1. The van der Waals surface area contributed by atoms with E-state index in [2.05, 4.69) is 4.98 Å². The first-order chi connectivity index (χ1) is 6.16. The molecule has 0 aliphatic rings. The van der Waals surface area contributed by atoms with Crippen LogP contribution in [-0.4, -0.2) is 17.3 Å². The highest BCUT2D eigenvalue weighted by Crippen LogP contribution is 2.15. The van der Waals surface area contributed by atoms with Gasteiger partial charge in [-0.3, -0.25) is 4.79 Å². The fourth-order valence-electron chi connectivity index (χ4n) is 1.37. The van der Waals surface area contributed by atoms with Gasteiger partial charge in [-0.2, -0.15) is 0 Å². The standard InChI is InChI=1S/C10H16N2O/c1-7(2)9(5-11)10(13)8-3-4-12-6-8/h3-4,6-7,9,12H,5,11H2,1-2H3. The first kappa shape index (κ1) is 9.99. The van der Waals surface area contributed by atoms with Gasteiger partial charge in [-0.05, 0) is 12.0 Å². The molecular formula is C10H16N2O. The Morgan fingerprint density at radius 2 is 2.31 bits per heavy atom. The van der Waals surface area contributed by atoms with Gasteiger partial charge in [0.2, 0.25) is 0 Å². The molecule has 3 N–H and O–H groups in total. The second-order valence-electron chi connectivity index (χ2n) is 3.55. The molecule has 0 spiro atoms. The maximum atomic E-state index is 11.8. The minimum Gasteiger partial charge on any atom is -0.367 e. The molecule has 0 saturated heterocycles. The molecule has 0 aromatic carbocycles. The molecule has 3 heteroatoms. The van der Waals surface area contributed by atoms with Crippen LogP contribution in [0.2, 0.25) is 0 Å². The summed E-state index contributed by atoms with van der Waals surface area (Å²) in [6, 6.07) is 1.79. The summed E-state index contributed by atoms with van der Waals surface area (Å²) in [4.78, 5) is 14.6. The van der Waals surface area contributed by atoms with E-state index in [9.17, 15) is 4.79 Å². The second kappa shape index (κ2) is 4.23. The quantitative estimate of drug-likeness (QED) is 0.688. The van der Waals surface area contributed by atoms with E-state index < -0.39 is 0 Å². The first-order valence-corrected chi connectivity index (χ1v) is 4.54. The number of rotatable bonds is 4. The molecule has 13 heavy (non-hydrogen) atoms. The van der Waals surface area contributed by atoms with Crippen molar-refractivity contribution in [2.45, 2.75) is 13.8 Å². The van der Waals surface area contributed by atoms with Gasteiger partial charge in [0, 0.05) is 30.4 Å². The Morgan fingerprint density at radius 3 is 2.69 bits per heavy atom. The van der Waals surface area contributed by atoms with Crippen molar-refractivity contribution in [1.29, 1.82) is 0 Å². The zero-order valence-electron chi connectivity index (χ0n) is 8.08. The number of carbonyl (C=O) groups excluding carboxylic acids is 1. The topological polar surface area (TPSA) is 58.9 Å². The summed E-state index contributed by atoms with van der Waals surface area (Å²) in [7, 11) is 0. The number of carbonyl (C=O) groups is 1. The van der Waals surface area contributed by atoms with E-state index in [-0.39, 0.29) is 11.7 Å². The van der Waals surface area contributed by atoms with Gasteiger partial charge < -0.3 is 10.7 Å². The molecule has 1 aromatic heterocycles. The van der Waals surface area contributed by atoms with Crippen molar-refractivity contribution in [3.8, 4) is 0 Å². The molecule has 1 rings (SSSR count). The van der Waals surface area contributed by atoms with E-state index in [1.54, 1.807) is 18.5 Å². The lowest BCUT2D eigenvalue weighted by molar-refractivity contribution is 0.0892. The van der Waals surface area contributed by atoms with Crippen LogP contribution >= 0.6 is 0 Å². The normalized spacial score (nSPS) is 13.2. The number of ketones is 1. The number of aromatic amines is 1. The van der Waals surface area contributed by atoms with Crippen LogP contribution in [0.4, 0.5) is 0 Å². The molecule has 1 atom stereocenters. The zero-order chi connectivity index (χ0) is 9.84. The second-order valence-corrected chi connectivity index (χ2v) is 3.55. The Labute approximate surface area is 78.3 Å². The van der Waals surface area contributed by atoms with Gasteiger partial charge in [0.1, 0.15) is 0 Å². The van der Waals surface area contributed by atoms with Crippen LogP contribution in [0.5, 0.6) is 0 Å². The molecule has 1 heterocycles. The monoisotopic (exact) mass is 180 g/mol. The molecule has 72 valence electrons. The lowest BCUT2D eigenvalue weighted by atomic mass is 9.89. The molecule has 1 aromatic rings. The van der Waals surface area contributed by atoms with Crippen LogP contribution in [0.15, 0.2) is 18.5 Å². The van der Waals surface area contributed by atoms with E-state index in [1.807, 2.05) is 13.8 Å². The first-order valence-electron chi connectivity index (χ1n) is 4.54. The molecule has 0 saturated carbocycles. The number of hydrogen-bond donors (Lipinski definition) is 2. The minimum atomic E-state index is -0.0594. The molecular weight excluding hydrogens is 164 g/mol. The van der Waals surface area contributed by atoms with Gasteiger partial charge in [-0.25, -0.2) is 0 Å². The molecule has 0 radical (unpaired) electrons. The fourth-order valence-corrected chi connectivity index (χ4v) is 1.37. The van der Waals surface area contributed by atoms with E-state index in [1.165, 1.54) is 0 Å². The van der Waals surface area contributed by atoms with Crippen molar-refractivity contribution < 1.29 is 4.79 Å². The Kier molecular flexibility index (Phi) is 3.25. The summed E-state index contributed by atoms with van der Waals surface area (Å²) in [5, 5.41) is 0. The van der Waals surface area contributed by atoms with Crippen LogP contribution in [0, 0.1) is 11.8 Å².